The number of thioether (sulfide) groups is 1. The molecule has 27 heavy (non-hydrogen) atoms. The van der Waals surface area contributed by atoms with E-state index in [1.54, 1.807) is 47.6 Å². The van der Waals surface area contributed by atoms with Crippen molar-refractivity contribution in [2.75, 3.05) is 11.1 Å². The lowest BCUT2D eigenvalue weighted by Crippen LogP contribution is -2.13. The number of nitrogens with zero attached hydrogens (tertiary/aromatic N) is 2. The number of aromatic amines is 1. The second-order valence-corrected chi connectivity index (χ2v) is 8.68. The van der Waals surface area contributed by atoms with E-state index in [2.05, 4.69) is 20.3 Å². The fraction of sp³-hybridized carbons (Fsp3) is 0.368. The molecular weight excluding hydrogens is 380 g/mol. The van der Waals surface area contributed by atoms with Crippen molar-refractivity contribution in [2.24, 2.45) is 0 Å². The first-order valence-corrected chi connectivity index (χ1v) is 11.0. The number of fused-ring (bicyclic) bond motifs is 3. The second-order valence-electron chi connectivity index (χ2n) is 6.49. The third-order valence-electron chi connectivity index (χ3n) is 4.55. The number of carbonyl (C=O) groups excluding carboxylic acids is 1. The molecule has 0 saturated heterocycles. The summed E-state index contributed by atoms with van der Waals surface area (Å²) >= 11 is 3.26. The van der Waals surface area contributed by atoms with E-state index in [1.807, 2.05) is 0 Å². The number of nitrogens with one attached hydrogen (secondary N) is 2. The van der Waals surface area contributed by atoms with Gasteiger partial charge in [-0.3, -0.25) is 14.6 Å². The summed E-state index contributed by atoms with van der Waals surface area (Å²) < 4.78 is 0. The molecule has 1 amide bonds. The fourth-order valence-corrected chi connectivity index (χ4v) is 5.35. The zero-order chi connectivity index (χ0) is 18.6. The molecule has 3 heterocycles. The molecule has 3 aromatic rings. The van der Waals surface area contributed by atoms with Crippen LogP contribution in [0.15, 0.2) is 29.3 Å². The van der Waals surface area contributed by atoms with E-state index in [0.29, 0.717) is 23.8 Å². The van der Waals surface area contributed by atoms with Gasteiger partial charge in [0.1, 0.15) is 10.7 Å². The summed E-state index contributed by atoms with van der Waals surface area (Å²) in [5.74, 6) is 1.91. The third-order valence-corrected chi connectivity index (χ3v) is 6.71. The van der Waals surface area contributed by atoms with Gasteiger partial charge in [-0.2, -0.15) is 11.8 Å². The van der Waals surface area contributed by atoms with Gasteiger partial charge in [-0.05, 0) is 43.4 Å². The maximum Gasteiger partial charge on any atom is 0.259 e. The van der Waals surface area contributed by atoms with Gasteiger partial charge in [-0.15, -0.1) is 11.3 Å². The summed E-state index contributed by atoms with van der Waals surface area (Å²) in [5, 5.41) is 3.63. The van der Waals surface area contributed by atoms with E-state index >= 15 is 0 Å². The minimum Gasteiger partial charge on any atom is -0.326 e. The summed E-state index contributed by atoms with van der Waals surface area (Å²) in [6.45, 7) is 0. The Morgan fingerprint density at radius 1 is 1.26 bits per heavy atom. The van der Waals surface area contributed by atoms with Crippen LogP contribution in [0.5, 0.6) is 0 Å². The highest BCUT2D eigenvalue weighted by Gasteiger charge is 2.19. The lowest BCUT2D eigenvalue weighted by atomic mass is 9.97. The van der Waals surface area contributed by atoms with Gasteiger partial charge in [0, 0.05) is 35.1 Å². The standard InChI is InChI=1S/C19H20N4O2S2/c24-16(21-12-5-8-20-9-6-12)7-10-26-11-15-22-18(25)17-13-3-1-2-4-14(13)27-19(17)23-15/h5-6,8-9H,1-4,7,10-11H2,(H,20,21,24)(H,22,23,25). The molecule has 0 atom stereocenters. The van der Waals surface area contributed by atoms with Gasteiger partial charge in [0.05, 0.1) is 11.1 Å². The van der Waals surface area contributed by atoms with Gasteiger partial charge in [-0.1, -0.05) is 0 Å². The number of H-pyrrole nitrogens is 1. The molecule has 0 radical (unpaired) electrons. The molecule has 0 aromatic carbocycles. The van der Waals surface area contributed by atoms with Gasteiger partial charge in [0.15, 0.2) is 0 Å². The number of carbonyl (C=O) groups is 1. The van der Waals surface area contributed by atoms with E-state index in [-0.39, 0.29) is 11.5 Å². The number of aromatic nitrogens is 3. The van der Waals surface area contributed by atoms with Crippen LogP contribution < -0.4 is 10.9 Å². The highest BCUT2D eigenvalue weighted by atomic mass is 32.2. The third kappa shape index (κ3) is 4.22. The van der Waals surface area contributed by atoms with E-state index < -0.39 is 0 Å². The van der Waals surface area contributed by atoms with Crippen molar-refractivity contribution in [3.63, 3.8) is 0 Å². The van der Waals surface area contributed by atoms with Crippen molar-refractivity contribution >= 4 is 44.9 Å². The second kappa shape index (κ2) is 8.22. The van der Waals surface area contributed by atoms with Crippen molar-refractivity contribution in [2.45, 2.75) is 37.9 Å². The molecule has 4 rings (SSSR count). The monoisotopic (exact) mass is 400 g/mol. The van der Waals surface area contributed by atoms with Gasteiger partial charge >= 0.3 is 0 Å². The van der Waals surface area contributed by atoms with Crippen LogP contribution in [-0.2, 0) is 23.4 Å². The number of aryl methyl sites for hydroxylation is 2. The summed E-state index contributed by atoms with van der Waals surface area (Å²) in [6, 6.07) is 3.52. The maximum atomic E-state index is 12.5. The van der Waals surface area contributed by atoms with Crippen LogP contribution in [0.3, 0.4) is 0 Å². The number of hydrogen-bond donors (Lipinski definition) is 2. The number of thiophene rings is 1. The molecule has 0 unspecified atom stereocenters. The average Bonchev–Trinajstić information content (AvgIpc) is 3.05. The Bertz CT molecular complexity index is 1010. The first kappa shape index (κ1) is 18.2. The Balaban J connectivity index is 1.34. The van der Waals surface area contributed by atoms with Gasteiger partial charge in [-0.25, -0.2) is 4.98 Å². The molecule has 2 N–H and O–H groups in total. The molecule has 3 aromatic heterocycles. The van der Waals surface area contributed by atoms with Gasteiger partial charge in [0.2, 0.25) is 5.91 Å². The molecule has 0 saturated carbocycles. The molecule has 1 aliphatic rings. The molecular formula is C19H20N4O2S2. The zero-order valence-electron chi connectivity index (χ0n) is 14.8. The Labute approximate surface area is 164 Å². The van der Waals surface area contributed by atoms with Crippen molar-refractivity contribution < 1.29 is 4.79 Å². The van der Waals surface area contributed by atoms with Crippen molar-refractivity contribution in [1.29, 1.82) is 0 Å². The van der Waals surface area contributed by atoms with Crippen molar-refractivity contribution in [1.82, 2.24) is 15.0 Å². The molecule has 0 fully saturated rings. The minimum absolute atomic E-state index is 0.0227. The number of pyridine rings is 1. The normalized spacial score (nSPS) is 13.5. The first-order chi connectivity index (χ1) is 13.2. The Morgan fingerprint density at radius 3 is 2.93 bits per heavy atom. The van der Waals surface area contributed by atoms with E-state index in [4.69, 9.17) is 0 Å². The number of rotatable bonds is 6. The van der Waals surface area contributed by atoms with Crippen molar-refractivity contribution in [3.8, 4) is 0 Å². The Morgan fingerprint density at radius 2 is 2.07 bits per heavy atom. The largest absolute Gasteiger partial charge is 0.326 e. The lowest BCUT2D eigenvalue weighted by Gasteiger charge is -2.09. The Hall–Kier alpha value is -2.19. The molecule has 6 nitrogen and oxygen atoms in total. The number of hydrogen-bond acceptors (Lipinski definition) is 6. The number of anilines is 1. The molecule has 8 heteroatoms. The van der Waals surface area contributed by atoms with Gasteiger partial charge in [0.25, 0.3) is 5.56 Å². The zero-order valence-corrected chi connectivity index (χ0v) is 16.4. The average molecular weight is 401 g/mol. The quantitative estimate of drug-likeness (QED) is 0.618. The fourth-order valence-electron chi connectivity index (χ4n) is 3.27. The van der Waals surface area contributed by atoms with Crippen LogP contribution in [0.2, 0.25) is 0 Å². The smallest absolute Gasteiger partial charge is 0.259 e. The molecule has 1 aliphatic carbocycles. The van der Waals surface area contributed by atoms with E-state index in [1.165, 1.54) is 16.9 Å². The Kier molecular flexibility index (Phi) is 5.54. The van der Waals surface area contributed by atoms with Gasteiger partial charge < -0.3 is 10.3 Å². The summed E-state index contributed by atoms with van der Waals surface area (Å²) in [7, 11) is 0. The van der Waals surface area contributed by atoms with E-state index in [0.717, 1.165) is 35.2 Å². The minimum atomic E-state index is -0.0310. The summed E-state index contributed by atoms with van der Waals surface area (Å²) in [5.41, 5.74) is 1.94. The van der Waals surface area contributed by atoms with Crippen LogP contribution in [-0.4, -0.2) is 26.6 Å². The molecule has 140 valence electrons. The van der Waals surface area contributed by atoms with Crippen LogP contribution in [0.4, 0.5) is 5.69 Å². The first-order valence-electron chi connectivity index (χ1n) is 9.02. The van der Waals surface area contributed by atoms with Crippen LogP contribution >= 0.6 is 23.1 Å². The van der Waals surface area contributed by atoms with Crippen LogP contribution in [0.25, 0.3) is 10.2 Å². The SMILES string of the molecule is O=C(CCSCc1nc2sc3c(c2c(=O)[nH]1)CCCC3)Nc1ccncc1. The predicted molar refractivity (Wildman–Crippen MR) is 111 cm³/mol. The highest BCUT2D eigenvalue weighted by molar-refractivity contribution is 7.98. The molecule has 0 aliphatic heterocycles. The summed E-state index contributed by atoms with van der Waals surface area (Å²) in [4.78, 5) is 38.1. The van der Waals surface area contributed by atoms with Crippen LogP contribution in [0, 0.1) is 0 Å². The topological polar surface area (TPSA) is 87.7 Å². The lowest BCUT2D eigenvalue weighted by molar-refractivity contribution is -0.115. The molecule has 0 bridgehead atoms. The maximum absolute atomic E-state index is 12.5. The van der Waals surface area contributed by atoms with Crippen molar-refractivity contribution in [3.05, 3.63) is 51.1 Å². The summed E-state index contributed by atoms with van der Waals surface area (Å²) in [6.07, 6.45) is 8.09. The van der Waals surface area contributed by atoms with Crippen LogP contribution in [0.1, 0.15) is 35.5 Å². The number of amides is 1. The van der Waals surface area contributed by atoms with E-state index in [9.17, 15) is 9.59 Å². The molecule has 0 spiro atoms. The predicted octanol–water partition coefficient (Wildman–Crippen LogP) is 3.52. The highest BCUT2D eigenvalue weighted by Crippen LogP contribution is 2.33.